The zero-order valence-corrected chi connectivity index (χ0v) is 9.56. The molecule has 0 radical (unpaired) electrons. The monoisotopic (exact) mass is 229 g/mol. The van der Waals surface area contributed by atoms with E-state index in [1.807, 2.05) is 0 Å². The maximum atomic E-state index is 5.55. The van der Waals surface area contributed by atoms with Gasteiger partial charge in [-0.25, -0.2) is 5.10 Å². The highest BCUT2D eigenvalue weighted by atomic mass is 15.4. The van der Waals surface area contributed by atoms with Crippen molar-refractivity contribution in [2.45, 2.75) is 12.8 Å². The molecule has 0 saturated heterocycles. The molecule has 17 heavy (non-hydrogen) atoms. The molecule has 0 saturated carbocycles. The van der Waals surface area contributed by atoms with Crippen LogP contribution in [0.3, 0.4) is 0 Å². The van der Waals surface area contributed by atoms with E-state index in [1.165, 1.54) is 11.1 Å². The van der Waals surface area contributed by atoms with Crippen molar-refractivity contribution in [1.29, 1.82) is 0 Å². The van der Waals surface area contributed by atoms with E-state index >= 15 is 0 Å². The summed E-state index contributed by atoms with van der Waals surface area (Å²) in [6.07, 6.45) is 2.06. The summed E-state index contributed by atoms with van der Waals surface area (Å²) in [4.78, 5) is 6.35. The molecule has 0 amide bonds. The molecule has 1 aromatic carbocycles. The molecule has 0 atom stereocenters. The zero-order chi connectivity index (χ0) is 11.7. The number of nitrogens with one attached hydrogen (secondary N) is 1. The fraction of sp³-hybridized carbons (Fsp3) is 0.333. The molecule has 5 nitrogen and oxygen atoms in total. The van der Waals surface area contributed by atoms with Crippen LogP contribution in [-0.4, -0.2) is 28.3 Å². The SMILES string of the molecule is Nc1nc(N2CCc3ccccc3CC2)n[nH]1. The summed E-state index contributed by atoms with van der Waals surface area (Å²) in [5.74, 6) is 1.08. The predicted octanol–water partition coefficient (Wildman–Crippen LogP) is 0.992. The van der Waals surface area contributed by atoms with E-state index in [1.54, 1.807) is 0 Å². The van der Waals surface area contributed by atoms with Gasteiger partial charge in [-0.2, -0.15) is 4.98 Å². The maximum Gasteiger partial charge on any atom is 0.246 e. The molecule has 0 bridgehead atoms. The Kier molecular flexibility index (Phi) is 2.44. The Balaban J connectivity index is 1.81. The average Bonchev–Trinajstić information content (AvgIpc) is 2.66. The first-order valence-corrected chi connectivity index (χ1v) is 5.82. The molecule has 3 N–H and O–H groups in total. The van der Waals surface area contributed by atoms with E-state index < -0.39 is 0 Å². The van der Waals surface area contributed by atoms with E-state index in [9.17, 15) is 0 Å². The van der Waals surface area contributed by atoms with Crippen LogP contribution in [0.5, 0.6) is 0 Å². The van der Waals surface area contributed by atoms with Gasteiger partial charge in [0.05, 0.1) is 0 Å². The Morgan fingerprint density at radius 2 is 1.76 bits per heavy atom. The molecule has 3 rings (SSSR count). The third kappa shape index (κ3) is 1.95. The molecule has 1 aromatic heterocycles. The van der Waals surface area contributed by atoms with E-state index in [2.05, 4.69) is 44.3 Å². The first-order valence-electron chi connectivity index (χ1n) is 5.82. The van der Waals surface area contributed by atoms with Gasteiger partial charge in [0.2, 0.25) is 11.9 Å². The quantitative estimate of drug-likeness (QED) is 0.765. The number of benzene rings is 1. The number of hydrogen-bond acceptors (Lipinski definition) is 4. The largest absolute Gasteiger partial charge is 0.368 e. The van der Waals surface area contributed by atoms with Gasteiger partial charge in [-0.05, 0) is 24.0 Å². The Hall–Kier alpha value is -2.04. The standard InChI is InChI=1S/C12H15N5/c13-11-14-12(16-15-11)17-7-5-9-3-1-2-4-10(9)6-8-17/h1-4H,5-8H2,(H3,13,14,15,16). The van der Waals surface area contributed by atoms with Gasteiger partial charge in [0, 0.05) is 13.1 Å². The third-order valence-corrected chi connectivity index (χ3v) is 3.19. The summed E-state index contributed by atoms with van der Waals surface area (Å²) in [6, 6.07) is 8.59. The molecule has 1 aliphatic rings. The van der Waals surface area contributed by atoms with Crippen LogP contribution in [0.25, 0.3) is 0 Å². The number of rotatable bonds is 1. The zero-order valence-electron chi connectivity index (χ0n) is 9.56. The molecule has 0 unspecified atom stereocenters. The first kappa shape index (κ1) is 10.1. The molecule has 2 aromatic rings. The second kappa shape index (κ2) is 4.08. The van der Waals surface area contributed by atoms with Gasteiger partial charge in [0.15, 0.2) is 0 Å². The normalized spacial score (nSPS) is 15.4. The molecular formula is C12H15N5. The van der Waals surface area contributed by atoms with Crippen LogP contribution in [-0.2, 0) is 12.8 Å². The lowest BCUT2D eigenvalue weighted by molar-refractivity contribution is 0.775. The van der Waals surface area contributed by atoms with Gasteiger partial charge in [-0.3, -0.25) is 0 Å². The van der Waals surface area contributed by atoms with Crippen LogP contribution in [0.4, 0.5) is 11.9 Å². The van der Waals surface area contributed by atoms with Crippen LogP contribution < -0.4 is 10.6 Å². The molecule has 5 heteroatoms. The van der Waals surface area contributed by atoms with Crippen molar-refractivity contribution in [3.8, 4) is 0 Å². The van der Waals surface area contributed by atoms with Crippen molar-refractivity contribution in [1.82, 2.24) is 15.2 Å². The number of anilines is 2. The minimum atomic E-state index is 0.377. The van der Waals surface area contributed by atoms with Crippen molar-refractivity contribution in [2.75, 3.05) is 23.7 Å². The Bertz CT molecular complexity index is 492. The van der Waals surface area contributed by atoms with E-state index in [0.717, 1.165) is 25.9 Å². The lowest BCUT2D eigenvalue weighted by Gasteiger charge is -2.17. The second-order valence-corrected chi connectivity index (χ2v) is 4.28. The Labute approximate surface area is 99.7 Å². The summed E-state index contributed by atoms with van der Waals surface area (Å²) in [5, 5.41) is 6.79. The smallest absolute Gasteiger partial charge is 0.246 e. The number of hydrogen-bond donors (Lipinski definition) is 2. The van der Waals surface area contributed by atoms with Crippen LogP contribution in [0, 0.1) is 0 Å². The summed E-state index contributed by atoms with van der Waals surface area (Å²) < 4.78 is 0. The molecule has 0 fully saturated rings. The number of nitrogens with zero attached hydrogens (tertiary/aromatic N) is 3. The number of nitrogen functional groups attached to an aromatic ring is 1. The van der Waals surface area contributed by atoms with Gasteiger partial charge in [-0.15, -0.1) is 5.10 Å². The highest BCUT2D eigenvalue weighted by Crippen LogP contribution is 2.18. The first-order chi connectivity index (χ1) is 8.33. The molecule has 1 aliphatic heterocycles. The highest BCUT2D eigenvalue weighted by molar-refractivity contribution is 5.38. The fourth-order valence-corrected chi connectivity index (χ4v) is 2.27. The molecule has 0 aliphatic carbocycles. The minimum Gasteiger partial charge on any atom is -0.368 e. The highest BCUT2D eigenvalue weighted by Gasteiger charge is 2.16. The molecular weight excluding hydrogens is 214 g/mol. The Morgan fingerprint density at radius 3 is 2.29 bits per heavy atom. The van der Waals surface area contributed by atoms with Gasteiger partial charge in [0.25, 0.3) is 0 Å². The van der Waals surface area contributed by atoms with Gasteiger partial charge >= 0.3 is 0 Å². The fourth-order valence-electron chi connectivity index (χ4n) is 2.27. The average molecular weight is 229 g/mol. The molecule has 88 valence electrons. The molecule has 0 spiro atoms. The van der Waals surface area contributed by atoms with Crippen molar-refractivity contribution < 1.29 is 0 Å². The lowest BCUT2D eigenvalue weighted by atomic mass is 10.0. The van der Waals surface area contributed by atoms with E-state index in [-0.39, 0.29) is 0 Å². The second-order valence-electron chi connectivity index (χ2n) is 4.28. The van der Waals surface area contributed by atoms with Crippen molar-refractivity contribution in [3.63, 3.8) is 0 Å². The van der Waals surface area contributed by atoms with Crippen molar-refractivity contribution in [3.05, 3.63) is 35.4 Å². The van der Waals surface area contributed by atoms with Crippen molar-refractivity contribution >= 4 is 11.9 Å². The van der Waals surface area contributed by atoms with Gasteiger partial charge in [0.1, 0.15) is 0 Å². The van der Waals surface area contributed by atoms with Crippen molar-refractivity contribution in [2.24, 2.45) is 0 Å². The third-order valence-electron chi connectivity index (χ3n) is 3.19. The van der Waals surface area contributed by atoms with E-state index in [0.29, 0.717) is 11.9 Å². The van der Waals surface area contributed by atoms with Crippen LogP contribution >= 0.6 is 0 Å². The number of H-pyrrole nitrogens is 1. The van der Waals surface area contributed by atoms with Gasteiger partial charge in [-0.1, -0.05) is 24.3 Å². The van der Waals surface area contributed by atoms with Crippen LogP contribution in [0.2, 0.25) is 0 Å². The number of nitrogens with two attached hydrogens (primary N) is 1. The number of aromatic amines is 1. The van der Waals surface area contributed by atoms with Crippen LogP contribution in [0.15, 0.2) is 24.3 Å². The summed E-state index contributed by atoms with van der Waals surface area (Å²) in [5.41, 5.74) is 8.41. The lowest BCUT2D eigenvalue weighted by Crippen LogP contribution is -2.27. The van der Waals surface area contributed by atoms with Crippen LogP contribution in [0.1, 0.15) is 11.1 Å². The van der Waals surface area contributed by atoms with E-state index in [4.69, 9.17) is 5.73 Å². The summed E-state index contributed by atoms with van der Waals surface area (Å²) in [6.45, 7) is 1.88. The minimum absolute atomic E-state index is 0.377. The maximum absolute atomic E-state index is 5.55. The number of aromatic nitrogens is 3. The number of fused-ring (bicyclic) bond motifs is 1. The van der Waals surface area contributed by atoms with Gasteiger partial charge < -0.3 is 10.6 Å². The predicted molar refractivity (Wildman–Crippen MR) is 66.9 cm³/mol. The summed E-state index contributed by atoms with van der Waals surface area (Å²) in [7, 11) is 0. The Morgan fingerprint density at radius 1 is 1.12 bits per heavy atom. The summed E-state index contributed by atoms with van der Waals surface area (Å²) >= 11 is 0. The topological polar surface area (TPSA) is 70.8 Å². The molecule has 2 heterocycles.